The summed E-state index contributed by atoms with van der Waals surface area (Å²) >= 11 is 0. The summed E-state index contributed by atoms with van der Waals surface area (Å²) in [5.74, 6) is 1.64. The fourth-order valence-electron chi connectivity index (χ4n) is 2.35. The molecule has 0 saturated heterocycles. The third-order valence-corrected chi connectivity index (χ3v) is 3.22. The van der Waals surface area contributed by atoms with Gasteiger partial charge in [-0.15, -0.1) is 0 Å². The molecule has 1 fully saturated rings. The van der Waals surface area contributed by atoms with Crippen molar-refractivity contribution in [3.8, 4) is 5.75 Å². The summed E-state index contributed by atoms with van der Waals surface area (Å²) in [6.07, 6.45) is 7.01. The van der Waals surface area contributed by atoms with E-state index in [-0.39, 0.29) is 0 Å². The number of ether oxygens (including phenoxy) is 1. The van der Waals surface area contributed by atoms with Crippen LogP contribution in [-0.4, -0.2) is 11.1 Å². The highest BCUT2D eigenvalue weighted by Crippen LogP contribution is 2.28. The van der Waals surface area contributed by atoms with Gasteiger partial charge >= 0.3 is 0 Å². The molecule has 0 spiro atoms. The molecule has 0 aromatic carbocycles. The van der Waals surface area contributed by atoms with Crippen LogP contribution in [0.5, 0.6) is 5.75 Å². The van der Waals surface area contributed by atoms with Gasteiger partial charge in [0.2, 0.25) is 0 Å². The van der Waals surface area contributed by atoms with Crippen LogP contribution in [0.15, 0.2) is 18.3 Å². The fraction of sp³-hybridized carbons (Fsp3) is 0.615. The van der Waals surface area contributed by atoms with Crippen LogP contribution in [0.1, 0.15) is 38.3 Å². The minimum Gasteiger partial charge on any atom is -0.488 e. The predicted molar refractivity (Wildman–Crippen MR) is 64.2 cm³/mol. The number of nitrogens with zero attached hydrogens (tertiary/aromatic N) is 1. The van der Waals surface area contributed by atoms with Gasteiger partial charge in [-0.2, -0.15) is 0 Å². The lowest BCUT2D eigenvalue weighted by Crippen LogP contribution is -2.24. The first-order chi connectivity index (χ1) is 7.79. The summed E-state index contributed by atoms with van der Waals surface area (Å²) in [4.78, 5) is 4.23. The molecule has 2 atom stereocenters. The molecular weight excluding hydrogens is 200 g/mol. The minimum atomic E-state index is 0.346. The summed E-state index contributed by atoms with van der Waals surface area (Å²) in [7, 11) is 0. The maximum Gasteiger partial charge on any atom is 0.142 e. The van der Waals surface area contributed by atoms with Gasteiger partial charge in [0.15, 0.2) is 0 Å². The van der Waals surface area contributed by atoms with E-state index in [1.54, 1.807) is 6.20 Å². The van der Waals surface area contributed by atoms with E-state index in [1.165, 1.54) is 12.8 Å². The lowest BCUT2D eigenvalue weighted by atomic mass is 9.89. The Bertz CT molecular complexity index is 340. The molecule has 1 aromatic heterocycles. The van der Waals surface area contributed by atoms with E-state index < -0.39 is 0 Å². The van der Waals surface area contributed by atoms with Crippen LogP contribution in [-0.2, 0) is 6.54 Å². The van der Waals surface area contributed by atoms with Crippen molar-refractivity contribution in [2.24, 2.45) is 11.7 Å². The van der Waals surface area contributed by atoms with E-state index >= 15 is 0 Å². The molecule has 0 bridgehead atoms. The normalized spacial score (nSPS) is 25.4. The average Bonchev–Trinajstić information content (AvgIpc) is 2.30. The van der Waals surface area contributed by atoms with Crippen LogP contribution in [0.25, 0.3) is 0 Å². The Labute approximate surface area is 97.0 Å². The zero-order chi connectivity index (χ0) is 11.4. The average molecular weight is 220 g/mol. The molecule has 1 heterocycles. The van der Waals surface area contributed by atoms with Gasteiger partial charge in [-0.3, -0.25) is 4.98 Å². The van der Waals surface area contributed by atoms with E-state index in [9.17, 15) is 0 Å². The zero-order valence-corrected chi connectivity index (χ0v) is 9.86. The monoisotopic (exact) mass is 220 g/mol. The molecule has 1 aromatic rings. The number of rotatable bonds is 3. The van der Waals surface area contributed by atoms with Gasteiger partial charge in [0.1, 0.15) is 5.75 Å². The quantitative estimate of drug-likeness (QED) is 0.851. The number of aromatic nitrogens is 1. The highest BCUT2D eigenvalue weighted by Gasteiger charge is 2.20. The molecule has 3 heteroatoms. The Morgan fingerprint density at radius 3 is 3.12 bits per heavy atom. The Balaban J connectivity index is 2.02. The van der Waals surface area contributed by atoms with Crippen molar-refractivity contribution in [1.29, 1.82) is 0 Å². The van der Waals surface area contributed by atoms with Crippen molar-refractivity contribution in [3.63, 3.8) is 0 Å². The van der Waals surface area contributed by atoms with Crippen LogP contribution in [0.3, 0.4) is 0 Å². The molecule has 3 nitrogen and oxygen atoms in total. The number of hydrogen-bond acceptors (Lipinski definition) is 3. The minimum absolute atomic E-state index is 0.346. The number of nitrogens with two attached hydrogens (primary N) is 1. The van der Waals surface area contributed by atoms with Gasteiger partial charge in [0.05, 0.1) is 11.8 Å². The Kier molecular flexibility index (Phi) is 3.78. The highest BCUT2D eigenvalue weighted by atomic mass is 16.5. The van der Waals surface area contributed by atoms with Crippen molar-refractivity contribution in [1.82, 2.24) is 4.98 Å². The van der Waals surface area contributed by atoms with Crippen molar-refractivity contribution in [2.45, 2.75) is 45.3 Å². The molecule has 1 aliphatic rings. The second-order valence-electron chi connectivity index (χ2n) is 4.66. The molecule has 2 rings (SSSR count). The standard InChI is InChI=1S/C13H20N2O/c1-10-4-2-5-11(8-10)16-13-6-3-7-15-12(13)9-14/h3,6-7,10-11H,2,4-5,8-9,14H2,1H3. The summed E-state index contributed by atoms with van der Waals surface area (Å²) in [6.45, 7) is 2.74. The number of pyridine rings is 1. The second kappa shape index (κ2) is 5.30. The van der Waals surface area contributed by atoms with Gasteiger partial charge in [0.25, 0.3) is 0 Å². The molecule has 16 heavy (non-hydrogen) atoms. The first kappa shape index (κ1) is 11.4. The Hall–Kier alpha value is -1.09. The Morgan fingerprint density at radius 1 is 1.50 bits per heavy atom. The molecule has 88 valence electrons. The molecule has 0 aliphatic heterocycles. The topological polar surface area (TPSA) is 48.1 Å². The SMILES string of the molecule is CC1CCCC(Oc2cccnc2CN)C1. The van der Waals surface area contributed by atoms with Gasteiger partial charge in [0, 0.05) is 12.7 Å². The van der Waals surface area contributed by atoms with Crippen LogP contribution in [0.2, 0.25) is 0 Å². The molecule has 1 saturated carbocycles. The zero-order valence-electron chi connectivity index (χ0n) is 9.86. The van der Waals surface area contributed by atoms with Crippen molar-refractivity contribution < 1.29 is 4.74 Å². The highest BCUT2D eigenvalue weighted by molar-refractivity contribution is 5.26. The fourth-order valence-corrected chi connectivity index (χ4v) is 2.35. The predicted octanol–water partition coefficient (Wildman–Crippen LogP) is 2.50. The number of hydrogen-bond donors (Lipinski definition) is 1. The van der Waals surface area contributed by atoms with Crippen LogP contribution in [0.4, 0.5) is 0 Å². The lowest BCUT2D eigenvalue weighted by molar-refractivity contribution is 0.127. The summed E-state index contributed by atoms with van der Waals surface area (Å²) in [5, 5.41) is 0. The second-order valence-corrected chi connectivity index (χ2v) is 4.66. The molecule has 0 amide bonds. The summed E-state index contributed by atoms with van der Waals surface area (Å²) in [5.41, 5.74) is 6.50. The van der Waals surface area contributed by atoms with Crippen molar-refractivity contribution in [3.05, 3.63) is 24.0 Å². The van der Waals surface area contributed by atoms with Crippen molar-refractivity contribution in [2.75, 3.05) is 0 Å². The molecule has 2 unspecified atom stereocenters. The lowest BCUT2D eigenvalue weighted by Gasteiger charge is -2.27. The van der Waals surface area contributed by atoms with E-state index in [0.717, 1.165) is 30.2 Å². The van der Waals surface area contributed by atoms with Crippen LogP contribution >= 0.6 is 0 Å². The maximum absolute atomic E-state index is 6.01. The summed E-state index contributed by atoms with van der Waals surface area (Å²) in [6, 6.07) is 3.87. The smallest absolute Gasteiger partial charge is 0.142 e. The van der Waals surface area contributed by atoms with Gasteiger partial charge in [-0.1, -0.05) is 13.3 Å². The molecule has 1 aliphatic carbocycles. The van der Waals surface area contributed by atoms with Crippen LogP contribution in [0, 0.1) is 5.92 Å². The van der Waals surface area contributed by atoms with E-state index in [4.69, 9.17) is 10.5 Å². The van der Waals surface area contributed by atoms with Gasteiger partial charge < -0.3 is 10.5 Å². The molecular formula is C13H20N2O. The molecule has 0 radical (unpaired) electrons. The third kappa shape index (κ3) is 2.73. The first-order valence-corrected chi connectivity index (χ1v) is 6.10. The van der Waals surface area contributed by atoms with E-state index in [1.807, 2.05) is 12.1 Å². The van der Waals surface area contributed by atoms with Gasteiger partial charge in [-0.05, 0) is 37.3 Å². The largest absolute Gasteiger partial charge is 0.488 e. The summed E-state index contributed by atoms with van der Waals surface area (Å²) < 4.78 is 6.01. The molecule has 2 N–H and O–H groups in total. The third-order valence-electron chi connectivity index (χ3n) is 3.22. The first-order valence-electron chi connectivity index (χ1n) is 6.10. The van der Waals surface area contributed by atoms with Crippen LogP contribution < -0.4 is 10.5 Å². The van der Waals surface area contributed by atoms with Gasteiger partial charge in [-0.25, -0.2) is 0 Å². The Morgan fingerprint density at radius 2 is 2.38 bits per heavy atom. The van der Waals surface area contributed by atoms with Crippen molar-refractivity contribution >= 4 is 0 Å². The maximum atomic E-state index is 6.01. The van der Waals surface area contributed by atoms with E-state index in [2.05, 4.69) is 11.9 Å². The van der Waals surface area contributed by atoms with E-state index in [0.29, 0.717) is 12.6 Å².